The Morgan fingerprint density at radius 1 is 1.73 bits per heavy atom. The standard InChI is InChI=1S/C9H16N4O2/c1-12(4-3-5-14)9(15)8-7(10)6-13(2)11-8/h6,14H,3-5,10H2,1-2H3. The second-order valence-electron chi connectivity index (χ2n) is 3.41. The lowest BCUT2D eigenvalue weighted by Gasteiger charge is -2.15. The zero-order valence-electron chi connectivity index (χ0n) is 8.97. The number of rotatable bonds is 4. The van der Waals surface area contributed by atoms with E-state index in [2.05, 4.69) is 5.10 Å². The first-order valence-corrected chi connectivity index (χ1v) is 4.71. The van der Waals surface area contributed by atoms with Gasteiger partial charge in [-0.15, -0.1) is 0 Å². The number of nitrogens with zero attached hydrogens (tertiary/aromatic N) is 3. The predicted octanol–water partition coefficient (Wildman–Crippen LogP) is -0.543. The highest BCUT2D eigenvalue weighted by Crippen LogP contribution is 2.10. The van der Waals surface area contributed by atoms with Gasteiger partial charge in [0.15, 0.2) is 5.69 Å². The van der Waals surface area contributed by atoms with E-state index in [1.165, 1.54) is 9.58 Å². The minimum absolute atomic E-state index is 0.0648. The molecule has 0 saturated heterocycles. The van der Waals surface area contributed by atoms with E-state index in [-0.39, 0.29) is 18.2 Å². The first-order chi connectivity index (χ1) is 7.06. The molecule has 0 unspecified atom stereocenters. The largest absolute Gasteiger partial charge is 0.396 e. The summed E-state index contributed by atoms with van der Waals surface area (Å²) in [4.78, 5) is 13.3. The van der Waals surface area contributed by atoms with Gasteiger partial charge in [-0.25, -0.2) is 0 Å². The molecule has 0 radical (unpaired) electrons. The van der Waals surface area contributed by atoms with Crippen LogP contribution in [0.15, 0.2) is 6.20 Å². The maximum absolute atomic E-state index is 11.8. The van der Waals surface area contributed by atoms with Gasteiger partial charge in [0, 0.05) is 33.4 Å². The quantitative estimate of drug-likeness (QED) is 0.701. The Labute approximate surface area is 88.3 Å². The molecule has 1 heterocycles. The fourth-order valence-electron chi connectivity index (χ4n) is 1.26. The van der Waals surface area contributed by atoms with Crippen LogP contribution in [0.5, 0.6) is 0 Å². The number of aromatic nitrogens is 2. The van der Waals surface area contributed by atoms with E-state index >= 15 is 0 Å². The Kier molecular flexibility index (Phi) is 3.68. The van der Waals surface area contributed by atoms with Crippen molar-refractivity contribution in [1.82, 2.24) is 14.7 Å². The van der Waals surface area contributed by atoms with Gasteiger partial charge in [-0.1, -0.05) is 0 Å². The van der Waals surface area contributed by atoms with Gasteiger partial charge in [-0.05, 0) is 6.42 Å². The minimum atomic E-state index is -0.221. The van der Waals surface area contributed by atoms with Crippen molar-refractivity contribution in [3.63, 3.8) is 0 Å². The zero-order chi connectivity index (χ0) is 11.4. The number of aliphatic hydroxyl groups is 1. The van der Waals surface area contributed by atoms with Crippen LogP contribution in [0, 0.1) is 0 Å². The molecular formula is C9H16N4O2. The Morgan fingerprint density at radius 3 is 2.87 bits per heavy atom. The van der Waals surface area contributed by atoms with Crippen LogP contribution in [0.3, 0.4) is 0 Å². The van der Waals surface area contributed by atoms with E-state index in [1.54, 1.807) is 20.3 Å². The Bertz CT molecular complexity index is 348. The smallest absolute Gasteiger partial charge is 0.276 e. The number of aryl methyl sites for hydroxylation is 1. The van der Waals surface area contributed by atoms with Crippen LogP contribution in [-0.4, -0.2) is 45.9 Å². The summed E-state index contributed by atoms with van der Waals surface area (Å²) in [5.74, 6) is -0.221. The van der Waals surface area contributed by atoms with Crippen molar-refractivity contribution in [2.24, 2.45) is 7.05 Å². The predicted molar refractivity (Wildman–Crippen MR) is 56.3 cm³/mol. The lowest BCUT2D eigenvalue weighted by atomic mass is 10.3. The van der Waals surface area contributed by atoms with E-state index in [9.17, 15) is 4.79 Å². The molecular weight excluding hydrogens is 196 g/mol. The van der Waals surface area contributed by atoms with Crippen molar-refractivity contribution in [3.8, 4) is 0 Å². The highest BCUT2D eigenvalue weighted by molar-refractivity contribution is 5.96. The molecule has 0 aliphatic carbocycles. The summed E-state index contributed by atoms with van der Waals surface area (Å²) in [6.45, 7) is 0.556. The van der Waals surface area contributed by atoms with Crippen molar-refractivity contribution in [2.75, 3.05) is 25.9 Å². The van der Waals surface area contributed by atoms with E-state index in [1.807, 2.05) is 0 Å². The normalized spacial score (nSPS) is 10.3. The number of anilines is 1. The third-order valence-electron chi connectivity index (χ3n) is 2.06. The van der Waals surface area contributed by atoms with Gasteiger partial charge in [0.2, 0.25) is 0 Å². The number of carbonyl (C=O) groups is 1. The SMILES string of the molecule is CN(CCCO)C(=O)c1nn(C)cc1N. The number of nitrogens with two attached hydrogens (primary N) is 1. The van der Waals surface area contributed by atoms with Gasteiger partial charge >= 0.3 is 0 Å². The van der Waals surface area contributed by atoms with Crippen LogP contribution in [-0.2, 0) is 7.05 Å². The van der Waals surface area contributed by atoms with Crippen LogP contribution in [0.2, 0.25) is 0 Å². The van der Waals surface area contributed by atoms with Crippen LogP contribution < -0.4 is 5.73 Å². The van der Waals surface area contributed by atoms with Crippen molar-refractivity contribution < 1.29 is 9.90 Å². The lowest BCUT2D eigenvalue weighted by Crippen LogP contribution is -2.29. The lowest BCUT2D eigenvalue weighted by molar-refractivity contribution is 0.0781. The number of hydrogen-bond acceptors (Lipinski definition) is 4. The molecule has 15 heavy (non-hydrogen) atoms. The summed E-state index contributed by atoms with van der Waals surface area (Å²) in [5.41, 5.74) is 6.26. The van der Waals surface area contributed by atoms with Gasteiger partial charge in [-0.3, -0.25) is 9.48 Å². The van der Waals surface area contributed by atoms with Crippen molar-refractivity contribution in [1.29, 1.82) is 0 Å². The summed E-state index contributed by atoms with van der Waals surface area (Å²) in [6, 6.07) is 0. The maximum Gasteiger partial charge on any atom is 0.276 e. The van der Waals surface area contributed by atoms with Gasteiger partial charge in [0.25, 0.3) is 5.91 Å². The van der Waals surface area contributed by atoms with Gasteiger partial charge in [0.05, 0.1) is 5.69 Å². The number of amides is 1. The molecule has 0 aliphatic heterocycles. The minimum Gasteiger partial charge on any atom is -0.396 e. The summed E-state index contributed by atoms with van der Waals surface area (Å²) in [6.07, 6.45) is 2.14. The molecule has 0 aromatic carbocycles. The molecule has 0 aliphatic rings. The monoisotopic (exact) mass is 212 g/mol. The highest BCUT2D eigenvalue weighted by atomic mass is 16.3. The van der Waals surface area contributed by atoms with E-state index in [0.717, 1.165) is 0 Å². The topological polar surface area (TPSA) is 84.4 Å². The Hall–Kier alpha value is -1.56. The van der Waals surface area contributed by atoms with Gasteiger partial charge in [0.1, 0.15) is 0 Å². The highest BCUT2D eigenvalue weighted by Gasteiger charge is 2.17. The number of nitrogen functional groups attached to an aromatic ring is 1. The molecule has 0 spiro atoms. The number of hydrogen-bond donors (Lipinski definition) is 2. The van der Waals surface area contributed by atoms with Gasteiger partial charge < -0.3 is 15.7 Å². The molecule has 0 atom stereocenters. The number of aliphatic hydroxyl groups excluding tert-OH is 1. The molecule has 0 saturated carbocycles. The molecule has 1 aromatic rings. The molecule has 1 aromatic heterocycles. The van der Waals surface area contributed by atoms with Crippen molar-refractivity contribution in [2.45, 2.75) is 6.42 Å². The summed E-state index contributed by atoms with van der Waals surface area (Å²) in [5, 5.41) is 12.6. The fraction of sp³-hybridized carbons (Fsp3) is 0.556. The Morgan fingerprint density at radius 2 is 2.40 bits per heavy atom. The molecule has 1 rings (SSSR count). The van der Waals surface area contributed by atoms with E-state index in [0.29, 0.717) is 18.7 Å². The second kappa shape index (κ2) is 4.79. The van der Waals surface area contributed by atoms with Crippen LogP contribution in [0.25, 0.3) is 0 Å². The Balaban J connectivity index is 2.71. The summed E-state index contributed by atoms with van der Waals surface area (Å²) < 4.78 is 1.50. The molecule has 0 fully saturated rings. The molecule has 0 bridgehead atoms. The second-order valence-corrected chi connectivity index (χ2v) is 3.41. The van der Waals surface area contributed by atoms with Gasteiger partial charge in [-0.2, -0.15) is 5.10 Å². The third kappa shape index (κ3) is 2.69. The average molecular weight is 212 g/mol. The number of carbonyl (C=O) groups excluding carboxylic acids is 1. The summed E-state index contributed by atoms with van der Waals surface area (Å²) in [7, 11) is 3.37. The zero-order valence-corrected chi connectivity index (χ0v) is 8.97. The molecule has 3 N–H and O–H groups in total. The molecule has 1 amide bonds. The maximum atomic E-state index is 11.8. The fourth-order valence-corrected chi connectivity index (χ4v) is 1.26. The van der Waals surface area contributed by atoms with E-state index < -0.39 is 0 Å². The van der Waals surface area contributed by atoms with Crippen LogP contribution >= 0.6 is 0 Å². The van der Waals surface area contributed by atoms with Crippen molar-refractivity contribution in [3.05, 3.63) is 11.9 Å². The van der Waals surface area contributed by atoms with E-state index in [4.69, 9.17) is 10.8 Å². The molecule has 84 valence electrons. The van der Waals surface area contributed by atoms with Crippen LogP contribution in [0.4, 0.5) is 5.69 Å². The average Bonchev–Trinajstić information content (AvgIpc) is 2.53. The summed E-state index contributed by atoms with van der Waals surface area (Å²) >= 11 is 0. The van der Waals surface area contributed by atoms with Crippen molar-refractivity contribution >= 4 is 11.6 Å². The van der Waals surface area contributed by atoms with Crippen LogP contribution in [0.1, 0.15) is 16.9 Å². The first-order valence-electron chi connectivity index (χ1n) is 4.71. The molecule has 6 nitrogen and oxygen atoms in total. The first kappa shape index (κ1) is 11.5. The molecule has 6 heteroatoms. The third-order valence-corrected chi connectivity index (χ3v) is 2.06.